The molecule has 0 aromatic heterocycles. The minimum absolute atomic E-state index is 0.393. The van der Waals surface area contributed by atoms with Crippen LogP contribution in [0.1, 0.15) is 23.6 Å². The lowest BCUT2D eigenvalue weighted by atomic mass is 10.0. The number of aryl methyl sites for hydroxylation is 1. The van der Waals surface area contributed by atoms with E-state index in [9.17, 15) is 5.11 Å². The van der Waals surface area contributed by atoms with E-state index in [0.29, 0.717) is 5.75 Å². The van der Waals surface area contributed by atoms with Crippen LogP contribution in [0, 0.1) is 13.8 Å². The zero-order chi connectivity index (χ0) is 9.30. The zero-order valence-electron chi connectivity index (χ0n) is 7.81. The molecule has 0 heterocycles. The summed E-state index contributed by atoms with van der Waals surface area (Å²) in [5, 5.41) is 9.65. The van der Waals surface area contributed by atoms with Crippen molar-refractivity contribution >= 4 is 5.69 Å². The Kier molecular flexibility index (Phi) is 2.27. The number of phenols is 1. The van der Waals surface area contributed by atoms with Crippen molar-refractivity contribution in [2.24, 2.45) is 0 Å². The lowest BCUT2D eigenvalue weighted by Gasteiger charge is -2.10. The van der Waals surface area contributed by atoms with Gasteiger partial charge in [0.25, 0.3) is 0 Å². The second kappa shape index (κ2) is 3.05. The minimum Gasteiger partial charge on any atom is -0.507 e. The SMILES string of the molecule is CCc1cc(N)c(C)c(C)c1O. The van der Waals surface area contributed by atoms with E-state index >= 15 is 0 Å². The van der Waals surface area contributed by atoms with Gasteiger partial charge in [-0.15, -0.1) is 0 Å². The van der Waals surface area contributed by atoms with Crippen LogP contribution >= 0.6 is 0 Å². The number of hydrogen-bond donors (Lipinski definition) is 2. The Balaban J connectivity index is 3.39. The van der Waals surface area contributed by atoms with Crippen molar-refractivity contribution in [2.45, 2.75) is 27.2 Å². The third kappa shape index (κ3) is 1.24. The lowest BCUT2D eigenvalue weighted by Crippen LogP contribution is -1.96. The second-order valence-electron chi connectivity index (χ2n) is 3.08. The molecule has 0 amide bonds. The van der Waals surface area contributed by atoms with Gasteiger partial charge >= 0.3 is 0 Å². The first-order chi connectivity index (χ1) is 5.57. The van der Waals surface area contributed by atoms with Crippen LogP contribution in [0.2, 0.25) is 0 Å². The summed E-state index contributed by atoms with van der Waals surface area (Å²) in [6.07, 6.45) is 0.817. The van der Waals surface area contributed by atoms with Crippen LogP contribution in [0.15, 0.2) is 6.07 Å². The van der Waals surface area contributed by atoms with Crippen molar-refractivity contribution in [1.29, 1.82) is 0 Å². The number of aromatic hydroxyl groups is 1. The number of benzene rings is 1. The van der Waals surface area contributed by atoms with Crippen molar-refractivity contribution in [3.8, 4) is 5.75 Å². The maximum absolute atomic E-state index is 9.65. The lowest BCUT2D eigenvalue weighted by molar-refractivity contribution is 0.464. The molecule has 0 aliphatic carbocycles. The van der Waals surface area contributed by atoms with Crippen molar-refractivity contribution in [1.82, 2.24) is 0 Å². The Hall–Kier alpha value is -1.18. The Morgan fingerprint density at radius 2 is 1.92 bits per heavy atom. The molecule has 0 saturated heterocycles. The Bertz CT molecular complexity index is 305. The van der Waals surface area contributed by atoms with Crippen molar-refractivity contribution in [3.05, 3.63) is 22.8 Å². The molecule has 0 atom stereocenters. The van der Waals surface area contributed by atoms with E-state index in [2.05, 4.69) is 0 Å². The summed E-state index contributed by atoms with van der Waals surface area (Å²) in [5.74, 6) is 0.393. The maximum Gasteiger partial charge on any atom is 0.122 e. The fourth-order valence-corrected chi connectivity index (χ4v) is 1.27. The number of anilines is 1. The summed E-state index contributed by atoms with van der Waals surface area (Å²) in [4.78, 5) is 0. The summed E-state index contributed by atoms with van der Waals surface area (Å²) in [7, 11) is 0. The normalized spacial score (nSPS) is 10.2. The quantitative estimate of drug-likeness (QED) is 0.494. The highest BCUT2D eigenvalue weighted by Crippen LogP contribution is 2.29. The van der Waals surface area contributed by atoms with Crippen LogP contribution in [-0.2, 0) is 6.42 Å². The molecule has 0 aliphatic rings. The summed E-state index contributed by atoms with van der Waals surface area (Å²) in [6, 6.07) is 1.84. The topological polar surface area (TPSA) is 46.2 Å². The molecule has 0 unspecified atom stereocenters. The number of nitrogens with two attached hydrogens (primary N) is 1. The number of nitrogen functional groups attached to an aromatic ring is 1. The first-order valence-corrected chi connectivity index (χ1v) is 4.15. The van der Waals surface area contributed by atoms with Crippen LogP contribution in [0.3, 0.4) is 0 Å². The van der Waals surface area contributed by atoms with E-state index < -0.39 is 0 Å². The molecular weight excluding hydrogens is 150 g/mol. The molecule has 1 rings (SSSR count). The molecule has 3 N–H and O–H groups in total. The summed E-state index contributed by atoms with van der Waals surface area (Å²) < 4.78 is 0. The van der Waals surface area contributed by atoms with Gasteiger partial charge in [-0.3, -0.25) is 0 Å². The van der Waals surface area contributed by atoms with E-state index in [4.69, 9.17) is 5.73 Å². The predicted molar refractivity (Wildman–Crippen MR) is 51.4 cm³/mol. The zero-order valence-corrected chi connectivity index (χ0v) is 7.81. The molecule has 0 spiro atoms. The fourth-order valence-electron chi connectivity index (χ4n) is 1.27. The van der Waals surface area contributed by atoms with Gasteiger partial charge in [-0.25, -0.2) is 0 Å². The van der Waals surface area contributed by atoms with Crippen LogP contribution in [0.4, 0.5) is 5.69 Å². The molecule has 0 bridgehead atoms. The van der Waals surface area contributed by atoms with Gasteiger partial charge in [0, 0.05) is 5.69 Å². The largest absolute Gasteiger partial charge is 0.507 e. The molecule has 0 saturated carbocycles. The smallest absolute Gasteiger partial charge is 0.122 e. The van der Waals surface area contributed by atoms with Gasteiger partial charge in [-0.1, -0.05) is 6.92 Å². The Morgan fingerprint density at radius 3 is 2.42 bits per heavy atom. The highest BCUT2D eigenvalue weighted by molar-refractivity contribution is 5.58. The van der Waals surface area contributed by atoms with Gasteiger partial charge in [0.1, 0.15) is 5.75 Å². The average molecular weight is 165 g/mol. The maximum atomic E-state index is 9.65. The molecule has 1 aromatic rings. The van der Waals surface area contributed by atoms with Crippen molar-refractivity contribution in [2.75, 3.05) is 5.73 Å². The first kappa shape index (κ1) is 8.91. The fraction of sp³-hybridized carbons (Fsp3) is 0.400. The summed E-state index contributed by atoms with van der Waals surface area (Å²) in [5.41, 5.74) is 9.32. The summed E-state index contributed by atoms with van der Waals surface area (Å²) in [6.45, 7) is 5.81. The second-order valence-corrected chi connectivity index (χ2v) is 3.08. The van der Waals surface area contributed by atoms with Crippen LogP contribution in [-0.4, -0.2) is 5.11 Å². The molecule has 0 aliphatic heterocycles. The van der Waals surface area contributed by atoms with Gasteiger partial charge in [-0.05, 0) is 43.0 Å². The van der Waals surface area contributed by atoms with E-state index in [1.807, 2.05) is 26.8 Å². The first-order valence-electron chi connectivity index (χ1n) is 4.15. The van der Waals surface area contributed by atoms with Crippen LogP contribution < -0.4 is 5.73 Å². The molecule has 0 radical (unpaired) electrons. The Labute approximate surface area is 73.0 Å². The van der Waals surface area contributed by atoms with E-state index in [1.54, 1.807) is 0 Å². The highest BCUT2D eigenvalue weighted by Gasteiger charge is 2.07. The van der Waals surface area contributed by atoms with Gasteiger partial charge in [0.05, 0.1) is 0 Å². The van der Waals surface area contributed by atoms with Gasteiger partial charge in [0.2, 0.25) is 0 Å². The van der Waals surface area contributed by atoms with E-state index in [1.165, 1.54) is 0 Å². The molecule has 66 valence electrons. The van der Waals surface area contributed by atoms with Crippen molar-refractivity contribution in [3.63, 3.8) is 0 Å². The molecule has 1 aromatic carbocycles. The molecule has 0 fully saturated rings. The molecule has 12 heavy (non-hydrogen) atoms. The number of hydrogen-bond acceptors (Lipinski definition) is 2. The van der Waals surface area contributed by atoms with E-state index in [-0.39, 0.29) is 0 Å². The van der Waals surface area contributed by atoms with Crippen LogP contribution in [0.5, 0.6) is 5.75 Å². The number of phenolic OH excluding ortho intramolecular Hbond substituents is 1. The average Bonchev–Trinajstić information content (AvgIpc) is 2.08. The monoisotopic (exact) mass is 165 g/mol. The summed E-state index contributed by atoms with van der Waals surface area (Å²) >= 11 is 0. The minimum atomic E-state index is 0.393. The predicted octanol–water partition coefficient (Wildman–Crippen LogP) is 2.15. The Morgan fingerprint density at radius 1 is 1.33 bits per heavy atom. The molecule has 2 nitrogen and oxygen atoms in total. The third-order valence-electron chi connectivity index (χ3n) is 2.37. The van der Waals surface area contributed by atoms with Crippen LogP contribution in [0.25, 0.3) is 0 Å². The molecule has 2 heteroatoms. The van der Waals surface area contributed by atoms with Crippen molar-refractivity contribution < 1.29 is 5.11 Å². The standard InChI is InChI=1S/C10H15NO/c1-4-8-5-9(11)6(2)7(3)10(8)12/h5,12H,4,11H2,1-3H3. The van der Waals surface area contributed by atoms with Gasteiger partial charge in [0.15, 0.2) is 0 Å². The van der Waals surface area contributed by atoms with E-state index in [0.717, 1.165) is 28.8 Å². The molecular formula is C10H15NO. The third-order valence-corrected chi connectivity index (χ3v) is 2.37. The number of rotatable bonds is 1. The highest BCUT2D eigenvalue weighted by atomic mass is 16.3. The van der Waals surface area contributed by atoms with Gasteiger partial charge in [-0.2, -0.15) is 0 Å². The van der Waals surface area contributed by atoms with Gasteiger partial charge < -0.3 is 10.8 Å².